The lowest BCUT2D eigenvalue weighted by Crippen LogP contribution is -2.61. The Morgan fingerprint density at radius 2 is 0.938 bits per heavy atom. The summed E-state index contributed by atoms with van der Waals surface area (Å²) in [6.07, 6.45) is 64.9. The minimum absolute atomic E-state index is 0.119. The van der Waals surface area contributed by atoms with Crippen LogP contribution in [0.15, 0.2) is 85.1 Å². The molecule has 8 unspecified atom stereocenters. The van der Waals surface area contributed by atoms with Gasteiger partial charge in [-0.2, -0.15) is 0 Å². The molecule has 1 amide bonds. The first-order valence-corrected chi connectivity index (χ1v) is 33.4. The molecule has 1 aliphatic rings. The standard InChI is InChI=1S/C70H123NO10/c1-4-7-10-13-16-19-22-24-26-27-28-29-30-31-32-33-34-35-36-37-38-40-43-46-49-52-55-58-65(75)81-68-67(77)66(76)64(59-72)80-70(68)79-60-61(62(73)56-53-50-47-44-41-21-18-15-12-9-6-3)71-69(78)63(74)57-54-51-48-45-42-39-25-23-20-17-14-11-8-5-2/h8,11,14,16-17,19-20,23-24,26,28-29,53,56,61-64,66-68,70,72-74,76-77H,4-7,9-10,12-13,15,18,21-22,25,27,30-52,54-55,57-60H2,1-3H3,(H,71,78)/b11-8+,17-14+,19-16-,23-20+,26-24-,29-28-,56-53+. The molecule has 0 bridgehead atoms. The summed E-state index contributed by atoms with van der Waals surface area (Å²) in [5.74, 6) is -1.21. The molecule has 468 valence electrons. The number of hydrogen-bond donors (Lipinski definition) is 6. The molecule has 0 aliphatic carbocycles. The summed E-state index contributed by atoms with van der Waals surface area (Å²) in [7, 11) is 0. The van der Waals surface area contributed by atoms with Gasteiger partial charge >= 0.3 is 5.97 Å². The maximum Gasteiger partial charge on any atom is 0.306 e. The van der Waals surface area contributed by atoms with Crippen LogP contribution in [-0.2, 0) is 23.8 Å². The van der Waals surface area contributed by atoms with Gasteiger partial charge in [0.15, 0.2) is 12.4 Å². The molecule has 0 aromatic heterocycles. The van der Waals surface area contributed by atoms with Gasteiger partial charge in [0.25, 0.3) is 0 Å². The first-order chi connectivity index (χ1) is 39.7. The molecule has 0 saturated carbocycles. The third-order valence-corrected chi connectivity index (χ3v) is 15.3. The van der Waals surface area contributed by atoms with Crippen LogP contribution < -0.4 is 5.32 Å². The summed E-state index contributed by atoms with van der Waals surface area (Å²) in [5.41, 5.74) is 0. The summed E-state index contributed by atoms with van der Waals surface area (Å²) >= 11 is 0. The summed E-state index contributed by atoms with van der Waals surface area (Å²) in [6.45, 7) is 5.62. The Hall–Kier alpha value is -3.16. The van der Waals surface area contributed by atoms with Gasteiger partial charge in [0.05, 0.1) is 25.4 Å². The molecule has 81 heavy (non-hydrogen) atoms. The van der Waals surface area contributed by atoms with Crippen LogP contribution in [0.3, 0.4) is 0 Å². The molecule has 1 saturated heterocycles. The molecule has 1 aliphatic heterocycles. The van der Waals surface area contributed by atoms with E-state index in [1.165, 1.54) is 141 Å². The van der Waals surface area contributed by atoms with Crippen molar-refractivity contribution in [1.29, 1.82) is 0 Å². The molecule has 8 atom stereocenters. The average Bonchev–Trinajstić information content (AvgIpc) is 3.50. The fraction of sp³-hybridized carbons (Fsp3) is 0.771. The zero-order chi connectivity index (χ0) is 58.9. The van der Waals surface area contributed by atoms with Crippen molar-refractivity contribution in [1.82, 2.24) is 5.32 Å². The van der Waals surface area contributed by atoms with Crippen LogP contribution in [0.1, 0.15) is 284 Å². The van der Waals surface area contributed by atoms with Gasteiger partial charge in [0.2, 0.25) is 5.91 Å². The SMILES string of the molecule is CC/C=C/C=C/C=C/CCCCCCCCC(O)C(=O)NC(COC1OC(CO)C(O)C(O)C1OC(=O)CCCCCCCCCCCCCCCC/C=C\C/C=C\C/C=C\CCCCC)C(O)/C=C/CCCCCCCCCCC. The topological polar surface area (TPSA) is 175 Å². The van der Waals surface area contributed by atoms with Gasteiger partial charge in [-0.05, 0) is 83.5 Å². The van der Waals surface area contributed by atoms with Gasteiger partial charge in [-0.1, -0.05) is 279 Å². The highest BCUT2D eigenvalue weighted by Crippen LogP contribution is 2.26. The van der Waals surface area contributed by atoms with Crippen LogP contribution in [0.25, 0.3) is 0 Å². The molecule has 0 radical (unpaired) electrons. The number of esters is 1. The molecule has 0 aromatic rings. The quantitative estimate of drug-likeness (QED) is 0.0149. The van der Waals surface area contributed by atoms with Crippen LogP contribution >= 0.6 is 0 Å². The maximum atomic E-state index is 13.4. The molecular weight excluding hydrogens is 1010 g/mol. The first-order valence-electron chi connectivity index (χ1n) is 33.4. The van der Waals surface area contributed by atoms with E-state index in [1.54, 1.807) is 6.08 Å². The number of nitrogens with one attached hydrogen (secondary N) is 1. The van der Waals surface area contributed by atoms with Crippen LogP contribution in [0.2, 0.25) is 0 Å². The van der Waals surface area contributed by atoms with Gasteiger partial charge in [0.1, 0.15) is 24.4 Å². The van der Waals surface area contributed by atoms with E-state index in [2.05, 4.69) is 86.8 Å². The van der Waals surface area contributed by atoms with E-state index in [4.69, 9.17) is 14.2 Å². The minimum Gasteiger partial charge on any atom is -0.454 e. The Morgan fingerprint density at radius 3 is 1.46 bits per heavy atom. The zero-order valence-corrected chi connectivity index (χ0v) is 51.9. The van der Waals surface area contributed by atoms with Crippen LogP contribution in [0, 0.1) is 0 Å². The Bertz CT molecular complexity index is 1640. The van der Waals surface area contributed by atoms with E-state index in [0.29, 0.717) is 12.8 Å². The van der Waals surface area contributed by atoms with E-state index in [9.17, 15) is 35.1 Å². The number of unbranched alkanes of at least 4 members (excludes halogenated alkanes) is 32. The summed E-state index contributed by atoms with van der Waals surface area (Å²) in [4.78, 5) is 26.6. The molecule has 1 heterocycles. The van der Waals surface area contributed by atoms with Gasteiger partial charge < -0.3 is 45.1 Å². The van der Waals surface area contributed by atoms with E-state index in [1.807, 2.05) is 18.2 Å². The molecule has 0 spiro atoms. The monoisotopic (exact) mass is 1140 g/mol. The Kier molecular flexibility index (Phi) is 53.6. The second-order valence-electron chi connectivity index (χ2n) is 22.9. The van der Waals surface area contributed by atoms with Gasteiger partial charge in [-0.15, -0.1) is 0 Å². The van der Waals surface area contributed by atoms with Crippen molar-refractivity contribution < 1.29 is 49.3 Å². The van der Waals surface area contributed by atoms with Crippen molar-refractivity contribution in [2.45, 2.75) is 333 Å². The number of allylic oxidation sites excluding steroid dienone is 13. The summed E-state index contributed by atoms with van der Waals surface area (Å²) in [6, 6.07) is -1.03. The minimum atomic E-state index is -1.62. The second-order valence-corrected chi connectivity index (χ2v) is 22.9. The molecule has 1 fully saturated rings. The molecule has 6 N–H and O–H groups in total. The fourth-order valence-electron chi connectivity index (χ4n) is 10.1. The second kappa shape index (κ2) is 57.3. The van der Waals surface area contributed by atoms with Gasteiger partial charge in [-0.3, -0.25) is 9.59 Å². The highest BCUT2D eigenvalue weighted by Gasteiger charge is 2.47. The Balaban J connectivity index is 2.54. The number of rotatable bonds is 56. The number of aliphatic hydroxyl groups excluding tert-OH is 5. The third-order valence-electron chi connectivity index (χ3n) is 15.3. The molecule has 11 heteroatoms. The number of ether oxygens (including phenoxy) is 3. The number of aliphatic hydroxyl groups is 5. The van der Waals surface area contributed by atoms with Crippen molar-refractivity contribution in [3.8, 4) is 0 Å². The Labute approximate surface area is 495 Å². The van der Waals surface area contributed by atoms with Crippen LogP contribution in [-0.4, -0.2) is 99.6 Å². The lowest BCUT2D eigenvalue weighted by atomic mass is 9.99. The smallest absolute Gasteiger partial charge is 0.306 e. The predicted molar refractivity (Wildman–Crippen MR) is 338 cm³/mol. The highest BCUT2D eigenvalue weighted by atomic mass is 16.7. The van der Waals surface area contributed by atoms with Crippen molar-refractivity contribution >= 4 is 11.9 Å². The van der Waals surface area contributed by atoms with Gasteiger partial charge in [0, 0.05) is 6.42 Å². The van der Waals surface area contributed by atoms with Crippen LogP contribution in [0.5, 0.6) is 0 Å². The van der Waals surface area contributed by atoms with Gasteiger partial charge in [-0.25, -0.2) is 0 Å². The van der Waals surface area contributed by atoms with Crippen molar-refractivity contribution in [2.75, 3.05) is 13.2 Å². The van der Waals surface area contributed by atoms with Crippen molar-refractivity contribution in [3.63, 3.8) is 0 Å². The highest BCUT2D eigenvalue weighted by molar-refractivity contribution is 5.80. The van der Waals surface area contributed by atoms with Crippen molar-refractivity contribution in [2.24, 2.45) is 0 Å². The van der Waals surface area contributed by atoms with E-state index in [0.717, 1.165) is 96.3 Å². The average molecular weight is 1140 g/mol. The maximum absolute atomic E-state index is 13.4. The Morgan fingerprint density at radius 1 is 0.506 bits per heavy atom. The van der Waals surface area contributed by atoms with E-state index >= 15 is 0 Å². The number of carbonyl (C=O) groups is 2. The van der Waals surface area contributed by atoms with Crippen molar-refractivity contribution in [3.05, 3.63) is 85.1 Å². The number of hydrogen-bond acceptors (Lipinski definition) is 10. The normalized spacial score (nSPS) is 19.2. The lowest BCUT2D eigenvalue weighted by Gasteiger charge is -2.41. The molecule has 11 nitrogen and oxygen atoms in total. The number of carbonyl (C=O) groups excluding carboxylic acids is 2. The zero-order valence-electron chi connectivity index (χ0n) is 51.9. The lowest BCUT2D eigenvalue weighted by molar-refractivity contribution is -0.305. The molecular formula is C70H123NO10. The fourth-order valence-corrected chi connectivity index (χ4v) is 10.1. The van der Waals surface area contributed by atoms with E-state index in [-0.39, 0.29) is 19.4 Å². The number of amides is 1. The molecule has 1 rings (SSSR count). The van der Waals surface area contributed by atoms with E-state index < -0.39 is 67.4 Å². The summed E-state index contributed by atoms with van der Waals surface area (Å²) in [5, 5.41) is 57.0. The predicted octanol–water partition coefficient (Wildman–Crippen LogP) is 16.5. The van der Waals surface area contributed by atoms with Crippen LogP contribution in [0.4, 0.5) is 0 Å². The largest absolute Gasteiger partial charge is 0.454 e. The summed E-state index contributed by atoms with van der Waals surface area (Å²) < 4.78 is 17.6. The third kappa shape index (κ3) is 45.0. The molecule has 0 aromatic carbocycles. The first kappa shape index (κ1) is 75.9.